The topological polar surface area (TPSA) is 167 Å². The Morgan fingerprint density at radius 3 is 0.927 bits per heavy atom. The van der Waals surface area contributed by atoms with E-state index in [1.54, 1.807) is 6.92 Å². The fraction of sp³-hybridized carbons (Fsp3) is 0.429. The lowest BCUT2D eigenvalue weighted by Crippen LogP contribution is -2.47. The lowest BCUT2D eigenvalue weighted by molar-refractivity contribution is -0.170. The van der Waals surface area contributed by atoms with Gasteiger partial charge in [0.2, 0.25) is 0 Å². The van der Waals surface area contributed by atoms with Gasteiger partial charge in [0, 0.05) is 36.8 Å². The quantitative estimate of drug-likeness (QED) is 0.103. The van der Waals surface area contributed by atoms with Crippen molar-refractivity contribution in [1.29, 1.82) is 0 Å². The van der Waals surface area contributed by atoms with E-state index in [-0.39, 0.29) is 13.0 Å². The standard InChI is InChI=1S/C28H36O13/c1-7-21(29)36-15-27(16-37-22(30)8-2,17-38-23(31)9-3)13-35-14-28(18-39-24(32)10-4,19-40-25(33)11-5)20-41-26(34)12-6/h7-11H,1-5,12-20H2,6H3. The summed E-state index contributed by atoms with van der Waals surface area (Å²) in [5, 5.41) is 0. The van der Waals surface area contributed by atoms with Crippen LogP contribution in [0.4, 0.5) is 0 Å². The molecule has 13 nitrogen and oxygen atoms in total. The van der Waals surface area contributed by atoms with Crippen molar-refractivity contribution in [3.63, 3.8) is 0 Å². The molecule has 0 saturated heterocycles. The summed E-state index contributed by atoms with van der Waals surface area (Å²) in [6.07, 6.45) is 4.52. The molecule has 0 aliphatic carbocycles. The van der Waals surface area contributed by atoms with Crippen LogP contribution < -0.4 is 0 Å². The maximum atomic E-state index is 11.9. The Morgan fingerprint density at radius 2 is 0.707 bits per heavy atom. The Labute approximate surface area is 238 Å². The highest BCUT2D eigenvalue weighted by Gasteiger charge is 2.40. The van der Waals surface area contributed by atoms with Crippen LogP contribution in [0.5, 0.6) is 0 Å². The Balaban J connectivity index is 6.29. The average molecular weight is 581 g/mol. The number of hydrogen-bond donors (Lipinski definition) is 0. The fourth-order valence-corrected chi connectivity index (χ4v) is 2.74. The second kappa shape index (κ2) is 19.5. The first-order valence-corrected chi connectivity index (χ1v) is 12.1. The number of carbonyl (C=O) groups is 6. The lowest BCUT2D eigenvalue weighted by atomic mass is 9.90. The maximum Gasteiger partial charge on any atom is 0.330 e. The van der Waals surface area contributed by atoms with E-state index in [4.69, 9.17) is 33.2 Å². The molecule has 0 saturated carbocycles. The predicted octanol–water partition coefficient (Wildman–Crippen LogP) is 1.58. The van der Waals surface area contributed by atoms with Crippen molar-refractivity contribution in [2.75, 3.05) is 52.9 Å². The molecule has 0 aliphatic rings. The van der Waals surface area contributed by atoms with Crippen LogP contribution in [-0.2, 0) is 61.9 Å². The Bertz CT molecular complexity index is 911. The Hall–Kier alpha value is -4.52. The third-order valence-electron chi connectivity index (χ3n) is 5.08. The van der Waals surface area contributed by atoms with Crippen molar-refractivity contribution >= 4 is 35.8 Å². The van der Waals surface area contributed by atoms with Crippen LogP contribution in [0.3, 0.4) is 0 Å². The molecule has 0 aromatic rings. The second-order valence-electron chi connectivity index (χ2n) is 8.57. The number of carbonyl (C=O) groups excluding carboxylic acids is 6. The van der Waals surface area contributed by atoms with Crippen molar-refractivity contribution < 1.29 is 61.9 Å². The lowest BCUT2D eigenvalue weighted by Gasteiger charge is -2.35. The van der Waals surface area contributed by atoms with E-state index in [1.807, 2.05) is 0 Å². The summed E-state index contributed by atoms with van der Waals surface area (Å²) < 4.78 is 36.9. The molecular weight excluding hydrogens is 544 g/mol. The third-order valence-corrected chi connectivity index (χ3v) is 5.08. The molecule has 0 aliphatic heterocycles. The van der Waals surface area contributed by atoms with Gasteiger partial charge in [-0.3, -0.25) is 4.79 Å². The zero-order valence-electron chi connectivity index (χ0n) is 23.1. The molecular formula is C28H36O13. The molecule has 0 aromatic heterocycles. The van der Waals surface area contributed by atoms with Gasteiger partial charge in [-0.1, -0.05) is 39.8 Å². The van der Waals surface area contributed by atoms with Gasteiger partial charge in [-0.05, 0) is 0 Å². The molecule has 0 aromatic carbocycles. The van der Waals surface area contributed by atoms with Crippen LogP contribution >= 0.6 is 0 Å². The van der Waals surface area contributed by atoms with E-state index in [1.165, 1.54) is 0 Å². The second-order valence-corrected chi connectivity index (χ2v) is 8.57. The number of ether oxygens (including phenoxy) is 7. The van der Waals surface area contributed by atoms with Gasteiger partial charge in [0.15, 0.2) is 0 Å². The number of rotatable bonds is 22. The SMILES string of the molecule is C=CC(=O)OCC(COCC(COC(=O)C=C)(COC(=O)C=C)COC(=O)CC)(COC(=O)C=C)COC(=O)C=C. The third kappa shape index (κ3) is 15.0. The van der Waals surface area contributed by atoms with Crippen molar-refractivity contribution in [1.82, 2.24) is 0 Å². The molecule has 226 valence electrons. The van der Waals surface area contributed by atoms with Crippen LogP contribution in [0.15, 0.2) is 63.3 Å². The van der Waals surface area contributed by atoms with Gasteiger partial charge in [-0.2, -0.15) is 0 Å². The molecule has 0 atom stereocenters. The number of hydrogen-bond acceptors (Lipinski definition) is 13. The molecule has 0 fully saturated rings. The monoisotopic (exact) mass is 580 g/mol. The molecule has 0 N–H and O–H groups in total. The Morgan fingerprint density at radius 1 is 0.463 bits per heavy atom. The van der Waals surface area contributed by atoms with E-state index in [9.17, 15) is 28.8 Å². The highest BCUT2D eigenvalue weighted by molar-refractivity contribution is 5.82. The molecule has 0 spiro atoms. The van der Waals surface area contributed by atoms with Crippen LogP contribution in [0.25, 0.3) is 0 Å². The van der Waals surface area contributed by atoms with Crippen molar-refractivity contribution in [2.24, 2.45) is 10.8 Å². The first-order valence-electron chi connectivity index (χ1n) is 12.1. The van der Waals surface area contributed by atoms with E-state index >= 15 is 0 Å². The van der Waals surface area contributed by atoms with Crippen LogP contribution in [0, 0.1) is 10.8 Å². The van der Waals surface area contributed by atoms with Crippen LogP contribution in [-0.4, -0.2) is 88.7 Å². The van der Waals surface area contributed by atoms with Gasteiger partial charge in [0.25, 0.3) is 0 Å². The zero-order chi connectivity index (χ0) is 31.3. The van der Waals surface area contributed by atoms with Crippen molar-refractivity contribution in [3.8, 4) is 0 Å². The zero-order valence-corrected chi connectivity index (χ0v) is 23.1. The molecule has 0 bridgehead atoms. The first kappa shape index (κ1) is 36.5. The van der Waals surface area contributed by atoms with E-state index in [2.05, 4.69) is 32.9 Å². The average Bonchev–Trinajstić information content (AvgIpc) is 3.00. The van der Waals surface area contributed by atoms with Crippen molar-refractivity contribution in [2.45, 2.75) is 13.3 Å². The minimum atomic E-state index is -1.47. The summed E-state index contributed by atoms with van der Waals surface area (Å²) in [5.41, 5.74) is -2.92. The summed E-state index contributed by atoms with van der Waals surface area (Å²) in [6, 6.07) is 0. The summed E-state index contributed by atoms with van der Waals surface area (Å²) >= 11 is 0. The van der Waals surface area contributed by atoms with Gasteiger partial charge in [-0.25, -0.2) is 24.0 Å². The van der Waals surface area contributed by atoms with Gasteiger partial charge in [0.05, 0.1) is 24.0 Å². The van der Waals surface area contributed by atoms with Gasteiger partial charge >= 0.3 is 35.8 Å². The highest BCUT2D eigenvalue weighted by Crippen LogP contribution is 2.26. The van der Waals surface area contributed by atoms with E-state index in [0.717, 1.165) is 30.4 Å². The molecule has 0 unspecified atom stereocenters. The van der Waals surface area contributed by atoms with E-state index in [0.29, 0.717) is 0 Å². The molecule has 0 rings (SSSR count). The largest absolute Gasteiger partial charge is 0.465 e. The smallest absolute Gasteiger partial charge is 0.330 e. The number of esters is 6. The van der Waals surface area contributed by atoms with Gasteiger partial charge < -0.3 is 33.2 Å². The first-order chi connectivity index (χ1) is 19.4. The van der Waals surface area contributed by atoms with Gasteiger partial charge in [0.1, 0.15) is 39.6 Å². The highest BCUT2D eigenvalue weighted by atomic mass is 16.6. The molecule has 0 amide bonds. The molecule has 0 radical (unpaired) electrons. The predicted molar refractivity (Wildman–Crippen MR) is 143 cm³/mol. The minimum Gasteiger partial charge on any atom is -0.465 e. The summed E-state index contributed by atoms with van der Waals surface area (Å²) in [5.74, 6) is -4.71. The summed E-state index contributed by atoms with van der Waals surface area (Å²) in [6.45, 7) is 14.6. The van der Waals surface area contributed by atoms with Gasteiger partial charge in [-0.15, -0.1) is 0 Å². The summed E-state index contributed by atoms with van der Waals surface area (Å²) in [7, 11) is 0. The molecule has 41 heavy (non-hydrogen) atoms. The molecule has 0 heterocycles. The Kier molecular flexibility index (Phi) is 17.4. The normalized spacial score (nSPS) is 10.7. The maximum absolute atomic E-state index is 11.9. The summed E-state index contributed by atoms with van der Waals surface area (Å²) in [4.78, 5) is 71.1. The minimum absolute atomic E-state index is 0.0248. The fourth-order valence-electron chi connectivity index (χ4n) is 2.74. The van der Waals surface area contributed by atoms with Crippen LogP contribution in [0.2, 0.25) is 0 Å². The van der Waals surface area contributed by atoms with Crippen molar-refractivity contribution in [3.05, 3.63) is 63.3 Å². The van der Waals surface area contributed by atoms with E-state index < -0.39 is 92.9 Å². The van der Waals surface area contributed by atoms with Crippen LogP contribution in [0.1, 0.15) is 13.3 Å². The molecule has 13 heteroatoms.